The van der Waals surface area contributed by atoms with E-state index in [1.54, 1.807) is 4.90 Å². The molecular formula is C24H34N4O2. The molecule has 0 fully saturated rings. The van der Waals surface area contributed by atoms with Crippen LogP contribution in [0.2, 0.25) is 0 Å². The van der Waals surface area contributed by atoms with Crippen molar-refractivity contribution in [3.63, 3.8) is 0 Å². The number of rotatable bonds is 6. The summed E-state index contributed by atoms with van der Waals surface area (Å²) >= 11 is 0. The Morgan fingerprint density at radius 1 is 1.10 bits per heavy atom. The number of nitrogens with one attached hydrogen (secondary N) is 1. The number of nitrogens with zero attached hydrogens (tertiary/aromatic N) is 3. The number of hydrogen-bond acceptors (Lipinski definition) is 2. The van der Waals surface area contributed by atoms with Gasteiger partial charge in [-0.3, -0.25) is 4.79 Å². The van der Waals surface area contributed by atoms with Gasteiger partial charge in [-0.1, -0.05) is 38.1 Å². The van der Waals surface area contributed by atoms with Crippen LogP contribution in [0.15, 0.2) is 42.6 Å². The van der Waals surface area contributed by atoms with Gasteiger partial charge in [-0.15, -0.1) is 0 Å². The highest BCUT2D eigenvalue weighted by Gasteiger charge is 2.34. The molecule has 1 aliphatic rings. The van der Waals surface area contributed by atoms with Crippen LogP contribution in [0.25, 0.3) is 0 Å². The highest BCUT2D eigenvalue weighted by Crippen LogP contribution is 2.34. The number of hydrogen-bond donors (Lipinski definition) is 1. The zero-order valence-electron chi connectivity index (χ0n) is 18.8. The highest BCUT2D eigenvalue weighted by atomic mass is 16.2. The number of benzene rings is 1. The van der Waals surface area contributed by atoms with E-state index in [-0.39, 0.29) is 36.5 Å². The lowest BCUT2D eigenvalue weighted by molar-refractivity contribution is -0.134. The lowest BCUT2D eigenvalue weighted by Crippen LogP contribution is -2.51. The summed E-state index contributed by atoms with van der Waals surface area (Å²) in [6.45, 7) is 12.1. The van der Waals surface area contributed by atoms with E-state index in [0.717, 1.165) is 23.4 Å². The van der Waals surface area contributed by atoms with E-state index in [2.05, 4.69) is 55.1 Å². The minimum Gasteiger partial charge on any atom is -0.348 e. The van der Waals surface area contributed by atoms with Crippen LogP contribution in [0.1, 0.15) is 50.6 Å². The van der Waals surface area contributed by atoms with Gasteiger partial charge in [0.05, 0.1) is 6.04 Å². The van der Waals surface area contributed by atoms with Crippen LogP contribution in [-0.2, 0) is 11.3 Å². The fourth-order valence-electron chi connectivity index (χ4n) is 4.13. The van der Waals surface area contributed by atoms with Gasteiger partial charge in [0.15, 0.2) is 0 Å². The third-order valence-corrected chi connectivity index (χ3v) is 5.45. The van der Waals surface area contributed by atoms with E-state index in [0.29, 0.717) is 13.1 Å². The first-order valence-electron chi connectivity index (χ1n) is 10.8. The number of urea groups is 1. The smallest absolute Gasteiger partial charge is 0.318 e. The van der Waals surface area contributed by atoms with E-state index in [1.807, 2.05) is 36.9 Å². The maximum atomic E-state index is 13.5. The number of amides is 3. The van der Waals surface area contributed by atoms with Gasteiger partial charge in [0.25, 0.3) is 0 Å². The van der Waals surface area contributed by atoms with Gasteiger partial charge in [-0.25, -0.2) is 4.79 Å². The maximum absolute atomic E-state index is 13.5. The Labute approximate surface area is 179 Å². The van der Waals surface area contributed by atoms with Crippen molar-refractivity contribution in [2.45, 2.75) is 53.2 Å². The molecule has 30 heavy (non-hydrogen) atoms. The largest absolute Gasteiger partial charge is 0.348 e. The second-order valence-electron chi connectivity index (χ2n) is 8.85. The Bertz CT molecular complexity index is 887. The zero-order chi connectivity index (χ0) is 21.8. The molecule has 0 aliphatic carbocycles. The van der Waals surface area contributed by atoms with Crippen LogP contribution in [-0.4, -0.2) is 52.0 Å². The Morgan fingerprint density at radius 3 is 2.50 bits per heavy atom. The molecule has 1 aliphatic heterocycles. The molecule has 2 aromatic rings. The number of fused-ring (bicyclic) bond motifs is 1. The minimum atomic E-state index is -0.181. The van der Waals surface area contributed by atoms with Crippen LogP contribution < -0.4 is 5.32 Å². The summed E-state index contributed by atoms with van der Waals surface area (Å²) in [6, 6.07) is 12.1. The predicted octanol–water partition coefficient (Wildman–Crippen LogP) is 3.80. The van der Waals surface area contributed by atoms with E-state index >= 15 is 0 Å². The number of aromatic nitrogens is 1. The van der Waals surface area contributed by atoms with Crippen molar-refractivity contribution >= 4 is 11.9 Å². The van der Waals surface area contributed by atoms with Crippen LogP contribution in [0, 0.1) is 12.8 Å². The molecule has 1 N–H and O–H groups in total. The molecule has 1 aromatic heterocycles. The Kier molecular flexibility index (Phi) is 6.85. The second-order valence-corrected chi connectivity index (χ2v) is 8.85. The van der Waals surface area contributed by atoms with Crippen LogP contribution in [0.5, 0.6) is 0 Å². The number of carbonyl (C=O) groups is 2. The molecular weight excluding hydrogens is 376 g/mol. The van der Waals surface area contributed by atoms with Crippen molar-refractivity contribution in [2.24, 2.45) is 5.92 Å². The average Bonchev–Trinajstić information content (AvgIpc) is 3.15. The first-order valence-corrected chi connectivity index (χ1v) is 10.8. The molecule has 3 rings (SSSR count). The summed E-state index contributed by atoms with van der Waals surface area (Å²) < 4.78 is 2.22. The zero-order valence-corrected chi connectivity index (χ0v) is 18.8. The monoisotopic (exact) mass is 410 g/mol. The SMILES string of the molecule is Cc1ccccc1C1c2cccn2CCN1C(=O)CN(CC(C)C)C(=O)NC(C)C. The third kappa shape index (κ3) is 4.86. The van der Waals surface area contributed by atoms with Crippen molar-refractivity contribution in [3.05, 3.63) is 59.4 Å². The first-order chi connectivity index (χ1) is 14.3. The average molecular weight is 411 g/mol. The molecule has 1 unspecified atom stereocenters. The highest BCUT2D eigenvalue weighted by molar-refractivity contribution is 5.85. The summed E-state index contributed by atoms with van der Waals surface area (Å²) in [6.07, 6.45) is 2.07. The predicted molar refractivity (Wildman–Crippen MR) is 119 cm³/mol. The quantitative estimate of drug-likeness (QED) is 0.787. The van der Waals surface area contributed by atoms with E-state index in [4.69, 9.17) is 0 Å². The van der Waals surface area contributed by atoms with Crippen LogP contribution in [0.3, 0.4) is 0 Å². The van der Waals surface area contributed by atoms with Gasteiger partial charge in [0.1, 0.15) is 6.54 Å². The first kappa shape index (κ1) is 21.9. The molecule has 0 saturated carbocycles. The van der Waals surface area contributed by atoms with Crippen LogP contribution >= 0.6 is 0 Å². The summed E-state index contributed by atoms with van der Waals surface area (Å²) in [4.78, 5) is 29.8. The van der Waals surface area contributed by atoms with Gasteiger partial charge in [0.2, 0.25) is 5.91 Å². The summed E-state index contributed by atoms with van der Waals surface area (Å²) in [5.74, 6) is 0.261. The topological polar surface area (TPSA) is 57.6 Å². The fourth-order valence-corrected chi connectivity index (χ4v) is 4.13. The lowest BCUT2D eigenvalue weighted by Gasteiger charge is -2.39. The molecule has 6 heteroatoms. The molecule has 0 radical (unpaired) electrons. The molecule has 1 aromatic carbocycles. The van der Waals surface area contributed by atoms with Crippen LogP contribution in [0.4, 0.5) is 4.79 Å². The molecule has 162 valence electrons. The number of aryl methyl sites for hydroxylation is 1. The Hall–Kier alpha value is -2.76. The molecule has 6 nitrogen and oxygen atoms in total. The van der Waals surface area contributed by atoms with Gasteiger partial charge in [-0.05, 0) is 49.9 Å². The van der Waals surface area contributed by atoms with E-state index in [9.17, 15) is 9.59 Å². The molecule has 2 heterocycles. The summed E-state index contributed by atoms with van der Waals surface area (Å²) in [5, 5.41) is 2.93. The van der Waals surface area contributed by atoms with Crippen molar-refractivity contribution < 1.29 is 9.59 Å². The third-order valence-electron chi connectivity index (χ3n) is 5.45. The summed E-state index contributed by atoms with van der Waals surface area (Å²) in [5.41, 5.74) is 3.41. The second kappa shape index (κ2) is 9.37. The molecule has 0 spiro atoms. The lowest BCUT2D eigenvalue weighted by atomic mass is 9.95. The van der Waals surface area contributed by atoms with Crippen molar-refractivity contribution in [1.29, 1.82) is 0 Å². The molecule has 1 atom stereocenters. The molecule has 0 bridgehead atoms. The molecule has 0 saturated heterocycles. The molecule has 3 amide bonds. The fraction of sp³-hybridized carbons (Fsp3) is 0.500. The van der Waals surface area contributed by atoms with Crippen molar-refractivity contribution in [1.82, 2.24) is 19.7 Å². The van der Waals surface area contributed by atoms with Gasteiger partial charge in [-0.2, -0.15) is 0 Å². The minimum absolute atomic E-state index is 0.0183. The Balaban J connectivity index is 1.89. The standard InChI is InChI=1S/C24H34N4O2/c1-17(2)15-27(24(30)25-18(3)4)16-22(29)28-14-13-26-12-8-11-21(26)23(28)20-10-7-6-9-19(20)5/h6-12,17-18,23H,13-16H2,1-5H3,(H,25,30). The normalized spacial score (nSPS) is 16.0. The van der Waals surface area contributed by atoms with Gasteiger partial charge < -0.3 is 19.7 Å². The van der Waals surface area contributed by atoms with Crippen molar-refractivity contribution in [3.8, 4) is 0 Å². The number of carbonyl (C=O) groups excluding carboxylic acids is 2. The summed E-state index contributed by atoms with van der Waals surface area (Å²) in [7, 11) is 0. The maximum Gasteiger partial charge on any atom is 0.318 e. The Morgan fingerprint density at radius 2 is 1.83 bits per heavy atom. The van der Waals surface area contributed by atoms with Crippen molar-refractivity contribution in [2.75, 3.05) is 19.6 Å². The van der Waals surface area contributed by atoms with E-state index < -0.39 is 0 Å². The van der Waals surface area contributed by atoms with E-state index in [1.165, 1.54) is 0 Å². The van der Waals surface area contributed by atoms with Gasteiger partial charge >= 0.3 is 6.03 Å². The van der Waals surface area contributed by atoms with Gasteiger partial charge in [0, 0.05) is 37.6 Å².